The Balaban J connectivity index is 1.80. The topological polar surface area (TPSA) is 71.8 Å². The van der Waals surface area contributed by atoms with Crippen molar-refractivity contribution in [1.29, 1.82) is 0 Å². The number of rotatable bonds is 8. The van der Waals surface area contributed by atoms with Gasteiger partial charge in [0.25, 0.3) is 5.91 Å². The highest BCUT2D eigenvalue weighted by molar-refractivity contribution is 6.07. The number of nitrogens with zero attached hydrogens (tertiary/aromatic N) is 3. The summed E-state index contributed by atoms with van der Waals surface area (Å²) in [6.45, 7) is 6.78. The van der Waals surface area contributed by atoms with Crippen molar-refractivity contribution in [1.82, 2.24) is 14.8 Å². The summed E-state index contributed by atoms with van der Waals surface area (Å²) in [6, 6.07) is 13.6. The lowest BCUT2D eigenvalue weighted by molar-refractivity contribution is 0.102. The van der Waals surface area contributed by atoms with Crippen LogP contribution in [0, 0.1) is 6.92 Å². The van der Waals surface area contributed by atoms with Crippen LogP contribution in [0.2, 0.25) is 0 Å². The highest BCUT2D eigenvalue weighted by Gasteiger charge is 2.18. The first-order chi connectivity index (χ1) is 13.6. The Morgan fingerprint density at radius 1 is 1.11 bits per heavy atom. The number of aromatic nitrogens is 3. The number of carbonyl (C=O) groups excluding carboxylic acids is 1. The molecule has 2 aromatic heterocycles. The Morgan fingerprint density at radius 3 is 2.57 bits per heavy atom. The molecule has 28 heavy (non-hydrogen) atoms. The third kappa shape index (κ3) is 4.39. The van der Waals surface area contributed by atoms with Crippen molar-refractivity contribution in [3.63, 3.8) is 0 Å². The SMILES string of the molecule is CCC(CC)n1ncc(C)c1NC(=O)c1ccccc1NCc1ccccn1. The minimum atomic E-state index is -0.153. The van der Waals surface area contributed by atoms with E-state index < -0.39 is 0 Å². The molecular formula is C22H27N5O. The molecule has 146 valence electrons. The first-order valence-electron chi connectivity index (χ1n) is 9.72. The molecule has 0 aliphatic heterocycles. The number of hydrogen-bond donors (Lipinski definition) is 2. The van der Waals surface area contributed by atoms with Gasteiger partial charge in [-0.25, -0.2) is 4.68 Å². The van der Waals surface area contributed by atoms with Crippen LogP contribution in [0.5, 0.6) is 0 Å². The Labute approximate surface area is 166 Å². The quantitative estimate of drug-likeness (QED) is 0.591. The van der Waals surface area contributed by atoms with Crippen molar-refractivity contribution in [3.8, 4) is 0 Å². The van der Waals surface area contributed by atoms with Gasteiger partial charge in [0.05, 0.1) is 30.0 Å². The Morgan fingerprint density at radius 2 is 1.86 bits per heavy atom. The molecule has 0 saturated heterocycles. The van der Waals surface area contributed by atoms with Crippen molar-refractivity contribution >= 4 is 17.4 Å². The van der Waals surface area contributed by atoms with Crippen LogP contribution in [-0.2, 0) is 6.54 Å². The summed E-state index contributed by atoms with van der Waals surface area (Å²) in [5.41, 5.74) is 3.24. The second kappa shape index (κ2) is 9.17. The van der Waals surface area contributed by atoms with Crippen LogP contribution >= 0.6 is 0 Å². The number of pyridine rings is 1. The predicted molar refractivity (Wildman–Crippen MR) is 113 cm³/mol. The molecule has 0 radical (unpaired) electrons. The fourth-order valence-corrected chi connectivity index (χ4v) is 3.21. The smallest absolute Gasteiger partial charge is 0.258 e. The zero-order chi connectivity index (χ0) is 19.9. The molecule has 6 nitrogen and oxygen atoms in total. The van der Waals surface area contributed by atoms with Crippen molar-refractivity contribution in [2.45, 2.75) is 46.2 Å². The minimum Gasteiger partial charge on any atom is -0.379 e. The second-order valence-corrected chi connectivity index (χ2v) is 6.77. The van der Waals surface area contributed by atoms with Gasteiger partial charge in [-0.3, -0.25) is 9.78 Å². The number of carbonyl (C=O) groups is 1. The van der Waals surface area contributed by atoms with Crippen molar-refractivity contribution < 1.29 is 4.79 Å². The van der Waals surface area contributed by atoms with Gasteiger partial charge in [0.15, 0.2) is 0 Å². The van der Waals surface area contributed by atoms with Gasteiger partial charge in [-0.1, -0.05) is 32.0 Å². The van der Waals surface area contributed by atoms with Crippen LogP contribution < -0.4 is 10.6 Å². The molecule has 0 atom stereocenters. The summed E-state index contributed by atoms with van der Waals surface area (Å²) in [5.74, 6) is 0.609. The summed E-state index contributed by atoms with van der Waals surface area (Å²) in [6.07, 6.45) is 5.49. The van der Waals surface area contributed by atoms with Crippen LogP contribution in [0.15, 0.2) is 54.9 Å². The predicted octanol–water partition coefficient (Wildman–Crippen LogP) is 4.81. The van der Waals surface area contributed by atoms with Gasteiger partial charge in [0, 0.05) is 17.4 Å². The average molecular weight is 377 g/mol. The zero-order valence-electron chi connectivity index (χ0n) is 16.6. The summed E-state index contributed by atoms with van der Waals surface area (Å²) in [7, 11) is 0. The van der Waals surface area contributed by atoms with Gasteiger partial charge in [-0.15, -0.1) is 0 Å². The van der Waals surface area contributed by atoms with E-state index in [1.807, 2.05) is 54.1 Å². The molecule has 1 amide bonds. The Bertz CT molecular complexity index is 916. The molecule has 1 aromatic carbocycles. The van der Waals surface area contributed by atoms with E-state index in [0.717, 1.165) is 35.6 Å². The van der Waals surface area contributed by atoms with E-state index in [2.05, 4.69) is 34.6 Å². The maximum Gasteiger partial charge on any atom is 0.258 e. The largest absolute Gasteiger partial charge is 0.379 e. The molecule has 6 heteroatoms. The molecule has 0 bridgehead atoms. The molecule has 0 unspecified atom stereocenters. The van der Waals surface area contributed by atoms with Gasteiger partial charge in [-0.2, -0.15) is 5.10 Å². The summed E-state index contributed by atoms with van der Waals surface area (Å²) < 4.78 is 1.93. The van der Waals surface area contributed by atoms with Gasteiger partial charge in [-0.05, 0) is 44.0 Å². The van der Waals surface area contributed by atoms with E-state index in [-0.39, 0.29) is 11.9 Å². The maximum atomic E-state index is 13.0. The van der Waals surface area contributed by atoms with Crippen molar-refractivity contribution in [2.75, 3.05) is 10.6 Å². The molecule has 2 N–H and O–H groups in total. The number of anilines is 2. The standard InChI is InChI=1S/C22H27N5O/c1-4-18(5-2)27-21(16(3)14-25-27)26-22(28)19-11-6-7-12-20(19)24-15-17-10-8-9-13-23-17/h6-14,18,24H,4-5,15H2,1-3H3,(H,26,28). The number of nitrogens with one attached hydrogen (secondary N) is 2. The number of amides is 1. The zero-order valence-corrected chi connectivity index (χ0v) is 16.6. The van der Waals surface area contributed by atoms with E-state index in [1.54, 1.807) is 12.4 Å². The average Bonchev–Trinajstić information content (AvgIpc) is 3.08. The van der Waals surface area contributed by atoms with E-state index in [9.17, 15) is 4.79 Å². The first-order valence-corrected chi connectivity index (χ1v) is 9.72. The van der Waals surface area contributed by atoms with E-state index in [1.165, 1.54) is 0 Å². The summed E-state index contributed by atoms with van der Waals surface area (Å²) >= 11 is 0. The van der Waals surface area contributed by atoms with Crippen LogP contribution in [0.3, 0.4) is 0 Å². The molecule has 0 aliphatic carbocycles. The lowest BCUT2D eigenvalue weighted by Gasteiger charge is -2.18. The monoisotopic (exact) mass is 377 g/mol. The van der Waals surface area contributed by atoms with Crippen LogP contribution in [0.1, 0.15) is 54.3 Å². The molecule has 0 fully saturated rings. The third-order valence-corrected chi connectivity index (χ3v) is 4.86. The van der Waals surface area contributed by atoms with Crippen molar-refractivity contribution in [2.24, 2.45) is 0 Å². The van der Waals surface area contributed by atoms with E-state index >= 15 is 0 Å². The van der Waals surface area contributed by atoms with E-state index in [4.69, 9.17) is 0 Å². The summed E-state index contributed by atoms with van der Waals surface area (Å²) in [4.78, 5) is 17.4. The van der Waals surface area contributed by atoms with Gasteiger partial charge in [0.1, 0.15) is 5.82 Å². The minimum absolute atomic E-state index is 0.153. The fraction of sp³-hybridized carbons (Fsp3) is 0.318. The molecule has 0 aliphatic rings. The van der Waals surface area contributed by atoms with Crippen LogP contribution in [0.4, 0.5) is 11.5 Å². The number of aryl methyl sites for hydroxylation is 1. The lowest BCUT2D eigenvalue weighted by atomic mass is 10.1. The molecule has 3 rings (SSSR count). The molecule has 2 heterocycles. The number of benzene rings is 1. The Hall–Kier alpha value is -3.15. The highest BCUT2D eigenvalue weighted by Crippen LogP contribution is 2.25. The van der Waals surface area contributed by atoms with Crippen LogP contribution in [-0.4, -0.2) is 20.7 Å². The maximum absolute atomic E-state index is 13.0. The molecule has 0 saturated carbocycles. The van der Waals surface area contributed by atoms with Crippen LogP contribution in [0.25, 0.3) is 0 Å². The molecule has 3 aromatic rings. The van der Waals surface area contributed by atoms with Gasteiger partial charge in [0.2, 0.25) is 0 Å². The number of hydrogen-bond acceptors (Lipinski definition) is 4. The van der Waals surface area contributed by atoms with Gasteiger partial charge >= 0.3 is 0 Å². The first kappa shape index (κ1) is 19.6. The summed E-state index contributed by atoms with van der Waals surface area (Å²) in [5, 5.41) is 10.9. The number of para-hydroxylation sites is 1. The Kier molecular flexibility index (Phi) is 6.42. The molecule has 0 spiro atoms. The normalized spacial score (nSPS) is 10.9. The van der Waals surface area contributed by atoms with Crippen molar-refractivity contribution in [3.05, 3.63) is 71.7 Å². The van der Waals surface area contributed by atoms with E-state index in [0.29, 0.717) is 12.1 Å². The fourth-order valence-electron chi connectivity index (χ4n) is 3.21. The molecular weight excluding hydrogens is 350 g/mol. The second-order valence-electron chi connectivity index (χ2n) is 6.77. The lowest BCUT2D eigenvalue weighted by Crippen LogP contribution is -2.20. The highest BCUT2D eigenvalue weighted by atomic mass is 16.1. The van der Waals surface area contributed by atoms with Gasteiger partial charge < -0.3 is 10.6 Å². The third-order valence-electron chi connectivity index (χ3n) is 4.86.